The molecule has 0 fully saturated rings. The van der Waals surface area contributed by atoms with Crippen LogP contribution in [0.15, 0.2) is 91.0 Å². The number of hydrogen-bond donors (Lipinski definition) is 1. The largest absolute Gasteiger partial charge is 0.493 e. The molecule has 50 heavy (non-hydrogen) atoms. The first kappa shape index (κ1) is 37.4. The minimum absolute atomic E-state index is 0.0196. The van der Waals surface area contributed by atoms with Crippen LogP contribution in [0.3, 0.4) is 0 Å². The summed E-state index contributed by atoms with van der Waals surface area (Å²) in [6.45, 7) is 1.41. The van der Waals surface area contributed by atoms with E-state index in [1.54, 1.807) is 50.2 Å². The summed E-state index contributed by atoms with van der Waals surface area (Å²) in [5.74, 6) is -0.117. The molecule has 0 saturated carbocycles. The molecule has 0 bridgehead atoms. The Labute approximate surface area is 290 Å². The van der Waals surface area contributed by atoms with Gasteiger partial charge in [0.2, 0.25) is 0 Å². The van der Waals surface area contributed by atoms with Crippen LogP contribution in [-0.4, -0.2) is 44.3 Å². The molecule has 264 valence electrons. The third-order valence-electron chi connectivity index (χ3n) is 7.50. The Kier molecular flexibility index (Phi) is 14.6. The molecule has 4 aromatic carbocycles. The van der Waals surface area contributed by atoms with Gasteiger partial charge in [-0.2, -0.15) is 8.78 Å². The SMILES string of the molecule is CCOC(=O)CCCOc1cccc(COc2cc(C(=O)NCc3ccccc3OC(F)F)cc(-c3ccccc3)c2)c1CCC(=O)OCC. The summed E-state index contributed by atoms with van der Waals surface area (Å²) in [5, 5.41) is 2.79. The van der Waals surface area contributed by atoms with E-state index in [9.17, 15) is 23.2 Å². The lowest BCUT2D eigenvalue weighted by Gasteiger charge is -2.17. The Bertz CT molecular complexity index is 1710. The fraction of sp³-hybridized carbons (Fsp3) is 0.308. The summed E-state index contributed by atoms with van der Waals surface area (Å²) in [5.41, 5.74) is 3.82. The van der Waals surface area contributed by atoms with Crippen LogP contribution in [0.5, 0.6) is 17.2 Å². The maximum absolute atomic E-state index is 13.4. The lowest BCUT2D eigenvalue weighted by molar-refractivity contribution is -0.144. The molecule has 1 N–H and O–H groups in total. The van der Waals surface area contributed by atoms with Gasteiger partial charge in [0, 0.05) is 36.1 Å². The Hall–Kier alpha value is -5.45. The van der Waals surface area contributed by atoms with Gasteiger partial charge >= 0.3 is 18.6 Å². The van der Waals surface area contributed by atoms with Crippen molar-refractivity contribution in [2.45, 2.75) is 59.3 Å². The van der Waals surface area contributed by atoms with E-state index in [1.807, 2.05) is 48.5 Å². The molecule has 0 spiro atoms. The van der Waals surface area contributed by atoms with E-state index >= 15 is 0 Å². The maximum atomic E-state index is 13.4. The molecule has 0 aromatic heterocycles. The van der Waals surface area contributed by atoms with Gasteiger partial charge in [-0.3, -0.25) is 14.4 Å². The van der Waals surface area contributed by atoms with Gasteiger partial charge in [0.05, 0.1) is 19.8 Å². The van der Waals surface area contributed by atoms with Gasteiger partial charge in [-0.1, -0.05) is 60.7 Å². The molecule has 0 aliphatic rings. The summed E-state index contributed by atoms with van der Waals surface area (Å²) in [4.78, 5) is 37.5. The second-order valence-electron chi connectivity index (χ2n) is 11.0. The molecule has 0 radical (unpaired) electrons. The van der Waals surface area contributed by atoms with Crippen LogP contribution in [0.2, 0.25) is 0 Å². The van der Waals surface area contributed by atoms with E-state index in [0.717, 1.165) is 22.3 Å². The van der Waals surface area contributed by atoms with E-state index in [4.69, 9.17) is 18.9 Å². The first-order chi connectivity index (χ1) is 24.3. The number of benzene rings is 4. The van der Waals surface area contributed by atoms with Crippen LogP contribution in [0.25, 0.3) is 11.1 Å². The number of nitrogens with one attached hydrogen (secondary N) is 1. The summed E-state index contributed by atoms with van der Waals surface area (Å²) in [6, 6.07) is 26.4. The number of carbonyl (C=O) groups is 3. The first-order valence-electron chi connectivity index (χ1n) is 16.5. The fourth-order valence-corrected chi connectivity index (χ4v) is 5.17. The Morgan fingerprint density at radius 3 is 2.14 bits per heavy atom. The van der Waals surface area contributed by atoms with Gasteiger partial charge in [0.25, 0.3) is 5.91 Å². The van der Waals surface area contributed by atoms with Crippen LogP contribution in [0.1, 0.15) is 60.2 Å². The molecule has 0 heterocycles. The fourth-order valence-electron chi connectivity index (χ4n) is 5.17. The molecule has 0 saturated heterocycles. The van der Waals surface area contributed by atoms with Crippen LogP contribution < -0.4 is 19.5 Å². The van der Waals surface area contributed by atoms with Gasteiger partial charge in [-0.25, -0.2) is 0 Å². The Balaban J connectivity index is 1.56. The van der Waals surface area contributed by atoms with Gasteiger partial charge in [0.15, 0.2) is 0 Å². The van der Waals surface area contributed by atoms with Crippen molar-refractivity contribution < 1.29 is 46.8 Å². The predicted octanol–water partition coefficient (Wildman–Crippen LogP) is 7.68. The van der Waals surface area contributed by atoms with Crippen molar-refractivity contribution in [3.8, 4) is 28.4 Å². The van der Waals surface area contributed by atoms with Crippen LogP contribution in [0.4, 0.5) is 8.78 Å². The number of alkyl halides is 2. The van der Waals surface area contributed by atoms with Crippen molar-refractivity contribution in [3.63, 3.8) is 0 Å². The number of para-hydroxylation sites is 1. The quantitative estimate of drug-likeness (QED) is 0.0789. The lowest BCUT2D eigenvalue weighted by atomic mass is 10.0. The first-order valence-corrected chi connectivity index (χ1v) is 16.5. The molecule has 0 atom stereocenters. The number of esters is 2. The Morgan fingerprint density at radius 2 is 1.40 bits per heavy atom. The van der Waals surface area contributed by atoms with E-state index in [-0.39, 0.29) is 56.9 Å². The highest BCUT2D eigenvalue weighted by molar-refractivity contribution is 5.96. The number of amides is 1. The van der Waals surface area contributed by atoms with Crippen molar-refractivity contribution in [2.24, 2.45) is 0 Å². The van der Waals surface area contributed by atoms with Crippen LogP contribution in [-0.2, 0) is 38.6 Å². The molecule has 11 heteroatoms. The minimum Gasteiger partial charge on any atom is -0.493 e. The summed E-state index contributed by atoms with van der Waals surface area (Å²) >= 11 is 0. The zero-order valence-corrected chi connectivity index (χ0v) is 28.1. The second-order valence-corrected chi connectivity index (χ2v) is 11.0. The summed E-state index contributed by atoms with van der Waals surface area (Å²) in [7, 11) is 0. The Morgan fingerprint density at radius 1 is 0.720 bits per heavy atom. The number of carbonyl (C=O) groups excluding carboxylic acids is 3. The smallest absolute Gasteiger partial charge is 0.387 e. The zero-order chi connectivity index (χ0) is 35.7. The molecule has 9 nitrogen and oxygen atoms in total. The van der Waals surface area contributed by atoms with Gasteiger partial charge in [-0.15, -0.1) is 0 Å². The van der Waals surface area contributed by atoms with Crippen LogP contribution in [0, 0.1) is 0 Å². The van der Waals surface area contributed by atoms with Gasteiger partial charge in [-0.05, 0) is 73.7 Å². The average molecular weight is 690 g/mol. The highest BCUT2D eigenvalue weighted by Crippen LogP contribution is 2.30. The third kappa shape index (κ3) is 11.6. The van der Waals surface area contributed by atoms with Crippen molar-refractivity contribution in [2.75, 3.05) is 19.8 Å². The lowest BCUT2D eigenvalue weighted by Crippen LogP contribution is -2.23. The van der Waals surface area contributed by atoms with E-state index in [0.29, 0.717) is 42.1 Å². The molecular weight excluding hydrogens is 648 g/mol. The van der Waals surface area contributed by atoms with Crippen molar-refractivity contribution >= 4 is 17.8 Å². The standard InChI is InChI=1S/C39H41F2NO8/c1-3-46-36(43)18-11-21-48-35-17-10-15-29(33(35)19-20-37(44)47-4-2)26-49-32-23-30(27-12-6-5-7-13-27)22-31(24-32)38(45)42-25-28-14-8-9-16-34(28)50-39(40)41/h5-10,12-17,22-24,39H,3-4,11,18-21,25-26H2,1-2H3,(H,42,45). The summed E-state index contributed by atoms with van der Waals surface area (Å²) < 4.78 is 52.9. The molecule has 0 aliphatic heterocycles. The van der Waals surface area contributed by atoms with E-state index < -0.39 is 12.5 Å². The molecule has 4 aromatic rings. The highest BCUT2D eigenvalue weighted by Gasteiger charge is 2.17. The zero-order valence-electron chi connectivity index (χ0n) is 28.1. The number of halogens is 2. The van der Waals surface area contributed by atoms with E-state index in [1.165, 1.54) is 6.07 Å². The van der Waals surface area contributed by atoms with Crippen molar-refractivity contribution in [1.82, 2.24) is 5.32 Å². The third-order valence-corrected chi connectivity index (χ3v) is 7.50. The normalized spacial score (nSPS) is 10.7. The molecule has 1 amide bonds. The summed E-state index contributed by atoms with van der Waals surface area (Å²) in [6.07, 6.45) is 1.14. The predicted molar refractivity (Wildman–Crippen MR) is 183 cm³/mol. The average Bonchev–Trinajstić information content (AvgIpc) is 3.11. The number of ether oxygens (including phenoxy) is 5. The van der Waals surface area contributed by atoms with E-state index in [2.05, 4.69) is 10.1 Å². The second kappa shape index (κ2) is 19.5. The number of rotatable bonds is 19. The molecule has 0 aliphatic carbocycles. The molecule has 0 unspecified atom stereocenters. The van der Waals surface area contributed by atoms with Gasteiger partial charge < -0.3 is 29.0 Å². The highest BCUT2D eigenvalue weighted by atomic mass is 19.3. The van der Waals surface area contributed by atoms with Crippen molar-refractivity contribution in [1.29, 1.82) is 0 Å². The minimum atomic E-state index is -3.00. The van der Waals surface area contributed by atoms with Crippen LogP contribution >= 0.6 is 0 Å². The monoisotopic (exact) mass is 689 g/mol. The van der Waals surface area contributed by atoms with Crippen molar-refractivity contribution in [3.05, 3.63) is 113 Å². The number of hydrogen-bond acceptors (Lipinski definition) is 8. The molecular formula is C39H41F2NO8. The molecule has 4 rings (SSSR count). The van der Waals surface area contributed by atoms with Gasteiger partial charge in [0.1, 0.15) is 23.9 Å². The topological polar surface area (TPSA) is 109 Å². The maximum Gasteiger partial charge on any atom is 0.387 e.